The molecule has 3 atom stereocenters. The van der Waals surface area contributed by atoms with Crippen LogP contribution < -0.4 is 10.1 Å². The van der Waals surface area contributed by atoms with Crippen LogP contribution in [0.5, 0.6) is 5.75 Å². The molecule has 3 aromatic rings. The zero-order valence-electron chi connectivity index (χ0n) is 17.5. The van der Waals surface area contributed by atoms with E-state index in [1.807, 2.05) is 60.7 Å². The summed E-state index contributed by atoms with van der Waals surface area (Å²) in [6, 6.07) is 20.6. The van der Waals surface area contributed by atoms with Crippen molar-refractivity contribution < 1.29 is 14.3 Å². The van der Waals surface area contributed by atoms with E-state index in [1.54, 1.807) is 6.07 Å². The zero-order valence-corrected chi connectivity index (χ0v) is 18.3. The summed E-state index contributed by atoms with van der Waals surface area (Å²) < 4.78 is 5.18. The van der Waals surface area contributed by atoms with Gasteiger partial charge in [0.05, 0.1) is 6.04 Å². The Balaban J connectivity index is 1.57. The van der Waals surface area contributed by atoms with Gasteiger partial charge in [-0.25, -0.2) is 0 Å². The van der Waals surface area contributed by atoms with E-state index in [0.29, 0.717) is 27.8 Å². The number of ether oxygens (including phenoxy) is 1. The fourth-order valence-corrected chi connectivity index (χ4v) is 5.05. The number of hydrogen-bond acceptors (Lipinski definition) is 4. The maximum atomic E-state index is 13.4. The van der Waals surface area contributed by atoms with Gasteiger partial charge in [0, 0.05) is 34.7 Å². The van der Waals surface area contributed by atoms with Crippen LogP contribution >= 0.6 is 11.6 Å². The van der Waals surface area contributed by atoms with Crippen molar-refractivity contribution in [1.82, 2.24) is 0 Å². The average molecular weight is 444 g/mol. The van der Waals surface area contributed by atoms with Crippen LogP contribution in [0.2, 0.25) is 5.02 Å². The third-order valence-electron chi connectivity index (χ3n) is 6.22. The third-order valence-corrected chi connectivity index (χ3v) is 6.43. The number of anilines is 1. The molecule has 1 aliphatic carbocycles. The van der Waals surface area contributed by atoms with Crippen LogP contribution in [0.1, 0.15) is 52.4 Å². The summed E-state index contributed by atoms with van der Waals surface area (Å²) in [4.78, 5) is 24.6. The number of halogens is 1. The normalized spacial score (nSPS) is 20.8. The lowest BCUT2D eigenvalue weighted by Gasteiger charge is -2.38. The molecule has 32 heavy (non-hydrogen) atoms. The zero-order chi connectivity index (χ0) is 22.2. The molecule has 0 bridgehead atoms. The highest BCUT2D eigenvalue weighted by Crippen LogP contribution is 2.51. The number of carbonyl (C=O) groups is 2. The number of nitrogens with one attached hydrogen (secondary N) is 1. The first kappa shape index (κ1) is 20.5. The van der Waals surface area contributed by atoms with Crippen molar-refractivity contribution in [2.45, 2.75) is 25.3 Å². The summed E-state index contributed by atoms with van der Waals surface area (Å²) in [5, 5.41) is 4.23. The first-order valence-corrected chi connectivity index (χ1v) is 11.0. The van der Waals surface area contributed by atoms with Gasteiger partial charge < -0.3 is 10.1 Å². The van der Waals surface area contributed by atoms with Crippen LogP contribution in [-0.4, -0.2) is 11.8 Å². The quantitative estimate of drug-likeness (QED) is 0.222. The molecule has 0 radical (unpaired) electrons. The molecule has 0 aromatic heterocycles. The minimum absolute atomic E-state index is 0.0115. The molecule has 1 aliphatic heterocycles. The Morgan fingerprint density at radius 1 is 1.03 bits per heavy atom. The van der Waals surface area contributed by atoms with Gasteiger partial charge in [0.25, 0.3) is 0 Å². The number of ketones is 1. The predicted molar refractivity (Wildman–Crippen MR) is 125 cm³/mol. The minimum atomic E-state index is -0.344. The van der Waals surface area contributed by atoms with Gasteiger partial charge in [0.1, 0.15) is 5.75 Å². The van der Waals surface area contributed by atoms with Crippen LogP contribution in [0.15, 0.2) is 78.9 Å². The Morgan fingerprint density at radius 3 is 2.50 bits per heavy atom. The van der Waals surface area contributed by atoms with Gasteiger partial charge in [-0.2, -0.15) is 0 Å². The van der Waals surface area contributed by atoms with E-state index in [4.69, 9.17) is 16.3 Å². The third kappa shape index (κ3) is 3.71. The van der Waals surface area contributed by atoms with Crippen molar-refractivity contribution >= 4 is 29.0 Å². The monoisotopic (exact) mass is 443 g/mol. The van der Waals surface area contributed by atoms with E-state index in [-0.39, 0.29) is 23.7 Å². The fraction of sp³-hybridized carbons (Fsp3) is 0.185. The van der Waals surface area contributed by atoms with Crippen molar-refractivity contribution in [3.05, 3.63) is 106 Å². The van der Waals surface area contributed by atoms with Crippen molar-refractivity contribution in [1.29, 1.82) is 0 Å². The lowest BCUT2D eigenvalue weighted by molar-refractivity contribution is -0.131. The van der Waals surface area contributed by atoms with Gasteiger partial charge in [-0.3, -0.25) is 9.59 Å². The molecule has 0 amide bonds. The molecule has 1 N–H and O–H groups in total. The van der Waals surface area contributed by atoms with E-state index in [1.165, 1.54) is 6.92 Å². The number of allylic oxidation sites excluding steroid dienone is 2. The molecule has 3 aromatic carbocycles. The topological polar surface area (TPSA) is 55.4 Å². The summed E-state index contributed by atoms with van der Waals surface area (Å²) in [5.41, 5.74) is 4.19. The largest absolute Gasteiger partial charge is 0.427 e. The maximum Gasteiger partial charge on any atom is 0.308 e. The van der Waals surface area contributed by atoms with E-state index in [2.05, 4.69) is 17.5 Å². The average Bonchev–Trinajstić information content (AvgIpc) is 3.29. The SMILES string of the molecule is CC(=O)Oc1ccc([C@@H]2Nc3c(C(=O)c4ccccc4)cc(Cl)cc3[C@H]3C=CC[C@H]32)cc1. The first-order valence-electron chi connectivity index (χ1n) is 10.7. The molecule has 5 rings (SSSR count). The van der Waals surface area contributed by atoms with Gasteiger partial charge in [0.15, 0.2) is 5.78 Å². The number of hydrogen-bond donors (Lipinski definition) is 1. The van der Waals surface area contributed by atoms with Crippen LogP contribution in [0.3, 0.4) is 0 Å². The highest BCUT2D eigenvalue weighted by molar-refractivity contribution is 6.31. The summed E-state index contributed by atoms with van der Waals surface area (Å²) in [6.07, 6.45) is 5.35. The number of rotatable bonds is 4. The Morgan fingerprint density at radius 2 is 1.78 bits per heavy atom. The Labute approximate surface area is 191 Å². The van der Waals surface area contributed by atoms with Crippen molar-refractivity contribution in [3.8, 4) is 5.75 Å². The van der Waals surface area contributed by atoms with Crippen molar-refractivity contribution in [2.75, 3.05) is 5.32 Å². The summed E-state index contributed by atoms with van der Waals surface area (Å²) in [5.74, 6) is 0.598. The Hall–Kier alpha value is -3.37. The van der Waals surface area contributed by atoms with Gasteiger partial charge >= 0.3 is 5.97 Å². The number of esters is 1. The van der Waals surface area contributed by atoms with E-state index in [9.17, 15) is 9.59 Å². The van der Waals surface area contributed by atoms with Crippen molar-refractivity contribution in [2.24, 2.45) is 5.92 Å². The molecule has 0 saturated carbocycles. The van der Waals surface area contributed by atoms with E-state index >= 15 is 0 Å². The number of carbonyl (C=O) groups excluding carboxylic acids is 2. The van der Waals surface area contributed by atoms with Gasteiger partial charge in [-0.1, -0.05) is 66.2 Å². The van der Waals surface area contributed by atoms with Crippen LogP contribution in [0.4, 0.5) is 5.69 Å². The molecular weight excluding hydrogens is 422 g/mol. The van der Waals surface area contributed by atoms with Crippen LogP contribution in [0.25, 0.3) is 0 Å². The predicted octanol–water partition coefficient (Wildman–Crippen LogP) is 6.32. The fourth-order valence-electron chi connectivity index (χ4n) is 4.83. The standard InChI is InChI=1S/C27H22ClNO3/c1-16(30)32-20-12-10-17(11-13-20)25-22-9-5-8-21(22)23-14-19(28)15-24(26(23)29-25)27(31)18-6-3-2-4-7-18/h2-8,10-15,21-22,25,29H,9H2,1H3/t21-,22+,25-/m0/s1. The molecule has 0 unspecified atom stereocenters. The molecule has 0 saturated heterocycles. The van der Waals surface area contributed by atoms with Crippen LogP contribution in [-0.2, 0) is 4.79 Å². The molecule has 160 valence electrons. The van der Waals surface area contributed by atoms with Crippen molar-refractivity contribution in [3.63, 3.8) is 0 Å². The second-order valence-corrected chi connectivity index (χ2v) is 8.69. The second-order valence-electron chi connectivity index (χ2n) is 8.25. The lowest BCUT2D eigenvalue weighted by atomic mass is 9.76. The number of benzene rings is 3. The lowest BCUT2D eigenvalue weighted by Crippen LogP contribution is -2.30. The molecule has 0 spiro atoms. The number of fused-ring (bicyclic) bond motifs is 3. The van der Waals surface area contributed by atoms with Gasteiger partial charge in [-0.15, -0.1) is 0 Å². The molecular formula is C27H22ClNO3. The summed E-state index contributed by atoms with van der Waals surface area (Å²) in [6.45, 7) is 1.39. The molecule has 1 heterocycles. The molecule has 2 aliphatic rings. The van der Waals surface area contributed by atoms with Gasteiger partial charge in [0.2, 0.25) is 0 Å². The smallest absolute Gasteiger partial charge is 0.308 e. The Bertz CT molecular complexity index is 1220. The minimum Gasteiger partial charge on any atom is -0.427 e. The first-order chi connectivity index (χ1) is 15.5. The maximum absolute atomic E-state index is 13.4. The van der Waals surface area contributed by atoms with E-state index in [0.717, 1.165) is 23.2 Å². The molecule has 0 fully saturated rings. The molecule has 5 heteroatoms. The van der Waals surface area contributed by atoms with Gasteiger partial charge in [-0.05, 0) is 47.7 Å². The highest BCUT2D eigenvalue weighted by Gasteiger charge is 2.39. The summed E-state index contributed by atoms with van der Waals surface area (Å²) >= 11 is 6.47. The summed E-state index contributed by atoms with van der Waals surface area (Å²) in [7, 11) is 0. The van der Waals surface area contributed by atoms with E-state index < -0.39 is 0 Å². The van der Waals surface area contributed by atoms with Crippen LogP contribution in [0, 0.1) is 5.92 Å². The Kier molecular flexibility index (Phi) is 5.32. The highest BCUT2D eigenvalue weighted by atomic mass is 35.5. The molecule has 4 nitrogen and oxygen atoms in total. The second kappa shape index (κ2) is 8.29.